The van der Waals surface area contributed by atoms with E-state index in [9.17, 15) is 4.39 Å². The highest BCUT2D eigenvalue weighted by atomic mass is 19.1. The van der Waals surface area contributed by atoms with Gasteiger partial charge in [0.25, 0.3) is 0 Å². The van der Waals surface area contributed by atoms with Crippen molar-refractivity contribution in [2.75, 3.05) is 6.54 Å². The number of nitrogens with one attached hydrogen (secondary N) is 1. The quantitative estimate of drug-likeness (QED) is 0.784. The predicted molar refractivity (Wildman–Crippen MR) is 81.0 cm³/mol. The lowest BCUT2D eigenvalue weighted by Crippen LogP contribution is -2.38. The van der Waals surface area contributed by atoms with Crippen molar-refractivity contribution < 1.29 is 4.39 Å². The third-order valence-electron chi connectivity index (χ3n) is 3.58. The van der Waals surface area contributed by atoms with Gasteiger partial charge in [-0.1, -0.05) is 32.4 Å². The van der Waals surface area contributed by atoms with Crippen LogP contribution in [0.4, 0.5) is 4.39 Å². The monoisotopic (exact) mass is 265 g/mol. The summed E-state index contributed by atoms with van der Waals surface area (Å²) in [6.45, 7) is 11.9. The van der Waals surface area contributed by atoms with Gasteiger partial charge in [0.15, 0.2) is 0 Å². The minimum Gasteiger partial charge on any atom is -0.311 e. The third-order valence-corrected chi connectivity index (χ3v) is 3.58. The molecule has 0 aliphatic carbocycles. The molecule has 0 radical (unpaired) electrons. The molecular formula is C17H28FN. The Balaban J connectivity index is 2.79. The third kappa shape index (κ3) is 6.20. The van der Waals surface area contributed by atoms with E-state index >= 15 is 0 Å². The van der Waals surface area contributed by atoms with Crippen molar-refractivity contribution in [3.8, 4) is 0 Å². The number of benzene rings is 1. The molecule has 2 atom stereocenters. The van der Waals surface area contributed by atoms with Crippen molar-refractivity contribution in [2.24, 2.45) is 5.92 Å². The molecule has 0 aliphatic rings. The van der Waals surface area contributed by atoms with Gasteiger partial charge >= 0.3 is 0 Å². The van der Waals surface area contributed by atoms with Crippen LogP contribution in [0.3, 0.4) is 0 Å². The molecule has 1 N–H and O–H groups in total. The van der Waals surface area contributed by atoms with Gasteiger partial charge < -0.3 is 5.32 Å². The maximum Gasteiger partial charge on any atom is 0.123 e. The van der Waals surface area contributed by atoms with E-state index in [0.717, 1.165) is 18.5 Å². The molecule has 1 rings (SSSR count). The van der Waals surface area contributed by atoms with Crippen molar-refractivity contribution in [1.29, 1.82) is 0 Å². The van der Waals surface area contributed by atoms with Gasteiger partial charge in [0.1, 0.15) is 5.82 Å². The zero-order chi connectivity index (χ0) is 14.5. The van der Waals surface area contributed by atoms with Crippen LogP contribution < -0.4 is 5.32 Å². The van der Waals surface area contributed by atoms with Crippen LogP contribution in [0.5, 0.6) is 0 Å². The molecule has 0 saturated carbocycles. The standard InChI is InChI=1S/C17H28FN/c1-6-13(2)10-15(12-19-17(3,4)5)14-8-7-9-16(18)11-14/h7-9,11,13,15,19H,6,10,12H2,1-5H3. The first kappa shape index (κ1) is 16.2. The van der Waals surface area contributed by atoms with Gasteiger partial charge in [0, 0.05) is 12.1 Å². The van der Waals surface area contributed by atoms with Gasteiger partial charge in [-0.2, -0.15) is 0 Å². The SMILES string of the molecule is CCC(C)CC(CNC(C)(C)C)c1cccc(F)c1. The second-order valence-electron chi connectivity index (χ2n) is 6.63. The second-order valence-corrected chi connectivity index (χ2v) is 6.63. The summed E-state index contributed by atoms with van der Waals surface area (Å²) in [7, 11) is 0. The lowest BCUT2D eigenvalue weighted by atomic mass is 9.87. The Morgan fingerprint density at radius 3 is 2.47 bits per heavy atom. The molecule has 1 nitrogen and oxygen atoms in total. The van der Waals surface area contributed by atoms with Gasteiger partial charge in [-0.15, -0.1) is 0 Å². The van der Waals surface area contributed by atoms with Crippen LogP contribution in [-0.4, -0.2) is 12.1 Å². The fraction of sp³-hybridized carbons (Fsp3) is 0.647. The molecule has 1 aromatic rings. The van der Waals surface area contributed by atoms with Crippen molar-refractivity contribution in [1.82, 2.24) is 5.32 Å². The summed E-state index contributed by atoms with van der Waals surface area (Å²) in [5, 5.41) is 3.55. The van der Waals surface area contributed by atoms with Crippen LogP contribution in [0.1, 0.15) is 58.9 Å². The molecule has 0 heterocycles. The van der Waals surface area contributed by atoms with Crippen molar-refractivity contribution in [2.45, 2.75) is 58.9 Å². The highest BCUT2D eigenvalue weighted by molar-refractivity contribution is 5.21. The average molecular weight is 265 g/mol. The smallest absolute Gasteiger partial charge is 0.123 e. The number of hydrogen-bond donors (Lipinski definition) is 1. The first-order valence-electron chi connectivity index (χ1n) is 7.32. The molecule has 2 heteroatoms. The maximum atomic E-state index is 13.4. The van der Waals surface area contributed by atoms with E-state index < -0.39 is 0 Å². The van der Waals surface area contributed by atoms with E-state index in [-0.39, 0.29) is 11.4 Å². The van der Waals surface area contributed by atoms with Crippen LogP contribution in [0.2, 0.25) is 0 Å². The van der Waals surface area contributed by atoms with Gasteiger partial charge in [-0.05, 0) is 56.7 Å². The summed E-state index contributed by atoms with van der Waals surface area (Å²) in [6.07, 6.45) is 2.27. The molecule has 0 bridgehead atoms. The summed E-state index contributed by atoms with van der Waals surface area (Å²) in [5.74, 6) is 0.905. The van der Waals surface area contributed by atoms with Crippen molar-refractivity contribution in [3.63, 3.8) is 0 Å². The molecule has 0 saturated heterocycles. The average Bonchev–Trinajstić information content (AvgIpc) is 2.33. The van der Waals surface area contributed by atoms with Crippen molar-refractivity contribution >= 4 is 0 Å². The molecule has 2 unspecified atom stereocenters. The first-order valence-corrected chi connectivity index (χ1v) is 7.32. The van der Waals surface area contributed by atoms with Gasteiger partial charge in [-0.25, -0.2) is 4.39 Å². The number of halogens is 1. The highest BCUT2D eigenvalue weighted by Crippen LogP contribution is 2.26. The van der Waals surface area contributed by atoms with E-state index in [4.69, 9.17) is 0 Å². The molecule has 19 heavy (non-hydrogen) atoms. The largest absolute Gasteiger partial charge is 0.311 e. The molecule has 1 aromatic carbocycles. The van der Waals surface area contributed by atoms with Crippen LogP contribution in [0, 0.1) is 11.7 Å². The van der Waals surface area contributed by atoms with Crippen LogP contribution >= 0.6 is 0 Å². The fourth-order valence-corrected chi connectivity index (χ4v) is 2.18. The Morgan fingerprint density at radius 1 is 1.26 bits per heavy atom. The normalized spacial score (nSPS) is 15.3. The molecular weight excluding hydrogens is 237 g/mol. The minimum atomic E-state index is -0.137. The Bertz CT molecular complexity index is 381. The molecule has 0 fully saturated rings. The van der Waals surface area contributed by atoms with Gasteiger partial charge in [-0.3, -0.25) is 0 Å². The summed E-state index contributed by atoms with van der Waals surface area (Å²) < 4.78 is 13.4. The molecule has 0 aliphatic heterocycles. The Morgan fingerprint density at radius 2 is 1.95 bits per heavy atom. The van der Waals surface area contributed by atoms with Gasteiger partial charge in [0.2, 0.25) is 0 Å². The lowest BCUT2D eigenvalue weighted by Gasteiger charge is -2.27. The summed E-state index contributed by atoms with van der Waals surface area (Å²) in [6, 6.07) is 7.05. The Labute approximate surface area is 117 Å². The minimum absolute atomic E-state index is 0.0982. The van der Waals surface area contributed by atoms with Crippen LogP contribution in [-0.2, 0) is 0 Å². The number of rotatable bonds is 6. The van der Waals surface area contributed by atoms with E-state index in [0.29, 0.717) is 11.8 Å². The van der Waals surface area contributed by atoms with Crippen molar-refractivity contribution in [3.05, 3.63) is 35.6 Å². The summed E-state index contributed by atoms with van der Waals surface area (Å²) in [4.78, 5) is 0. The first-order chi connectivity index (χ1) is 8.81. The Kier molecular flexibility index (Phi) is 5.99. The van der Waals surface area contributed by atoms with E-state index in [1.165, 1.54) is 12.5 Å². The maximum absolute atomic E-state index is 13.4. The van der Waals surface area contributed by atoms with E-state index in [1.807, 2.05) is 12.1 Å². The zero-order valence-electron chi connectivity index (χ0n) is 13.0. The predicted octanol–water partition coefficient (Wildman–Crippen LogP) is 4.73. The van der Waals surface area contributed by atoms with E-state index in [1.54, 1.807) is 6.07 Å². The Hall–Kier alpha value is -0.890. The molecule has 0 amide bonds. The lowest BCUT2D eigenvalue weighted by molar-refractivity contribution is 0.371. The summed E-state index contributed by atoms with van der Waals surface area (Å²) in [5.41, 5.74) is 1.21. The fourth-order valence-electron chi connectivity index (χ4n) is 2.18. The van der Waals surface area contributed by atoms with Crippen LogP contribution in [0.25, 0.3) is 0 Å². The topological polar surface area (TPSA) is 12.0 Å². The number of hydrogen-bond acceptors (Lipinski definition) is 1. The second kappa shape index (κ2) is 7.04. The summed E-state index contributed by atoms with van der Waals surface area (Å²) >= 11 is 0. The molecule has 108 valence electrons. The molecule has 0 aromatic heterocycles. The molecule has 0 spiro atoms. The van der Waals surface area contributed by atoms with Crippen LogP contribution in [0.15, 0.2) is 24.3 Å². The van der Waals surface area contributed by atoms with E-state index in [2.05, 4.69) is 39.9 Å². The van der Waals surface area contributed by atoms with Gasteiger partial charge in [0.05, 0.1) is 0 Å². The highest BCUT2D eigenvalue weighted by Gasteiger charge is 2.18. The zero-order valence-corrected chi connectivity index (χ0v) is 13.0.